The first-order valence-electron chi connectivity index (χ1n) is 6.80. The molecule has 1 aromatic heterocycles. The van der Waals surface area contributed by atoms with Crippen LogP contribution < -0.4 is 5.32 Å². The third-order valence-corrected chi connectivity index (χ3v) is 4.67. The monoisotopic (exact) mass is 298 g/mol. The predicted octanol–water partition coefficient (Wildman–Crippen LogP) is 3.86. The lowest BCUT2D eigenvalue weighted by molar-refractivity contribution is 0.155. The van der Waals surface area contributed by atoms with E-state index >= 15 is 0 Å². The van der Waals surface area contributed by atoms with Gasteiger partial charge < -0.3 is 4.74 Å². The fraction of sp³-hybridized carbons (Fsp3) is 0.250. The van der Waals surface area contributed by atoms with E-state index in [4.69, 9.17) is 4.74 Å². The van der Waals surface area contributed by atoms with Gasteiger partial charge in [0.2, 0.25) is 0 Å². The highest BCUT2D eigenvalue weighted by Crippen LogP contribution is 2.38. The van der Waals surface area contributed by atoms with Gasteiger partial charge in [-0.3, -0.25) is 5.32 Å². The van der Waals surface area contributed by atoms with Gasteiger partial charge in [-0.25, -0.2) is 4.79 Å². The largest absolute Gasteiger partial charge is 0.444 e. The number of benzene rings is 1. The van der Waals surface area contributed by atoms with Crippen LogP contribution in [0.25, 0.3) is 0 Å². The summed E-state index contributed by atoms with van der Waals surface area (Å²) >= 11 is 1.49. The van der Waals surface area contributed by atoms with Crippen molar-refractivity contribution in [2.45, 2.75) is 25.9 Å². The second-order valence-electron chi connectivity index (χ2n) is 4.86. The van der Waals surface area contributed by atoms with E-state index in [1.807, 2.05) is 30.3 Å². The molecule has 2 aromatic rings. The molecular formula is C16H14N2O2S. The number of amides is 1. The molecule has 5 heteroatoms. The first-order chi connectivity index (χ1) is 10.3. The molecule has 1 N–H and O–H groups in total. The fourth-order valence-corrected chi connectivity index (χ4v) is 3.69. The zero-order valence-electron chi connectivity index (χ0n) is 11.4. The van der Waals surface area contributed by atoms with Gasteiger partial charge in [0.15, 0.2) is 0 Å². The maximum absolute atomic E-state index is 11.8. The van der Waals surface area contributed by atoms with E-state index in [0.717, 1.165) is 30.4 Å². The molecule has 0 aliphatic heterocycles. The minimum absolute atomic E-state index is 0.222. The average Bonchev–Trinajstić information content (AvgIpc) is 3.06. The van der Waals surface area contributed by atoms with Crippen molar-refractivity contribution >= 4 is 22.4 Å². The van der Waals surface area contributed by atoms with Gasteiger partial charge in [0, 0.05) is 4.88 Å². The van der Waals surface area contributed by atoms with Crippen LogP contribution in [-0.4, -0.2) is 6.09 Å². The smallest absolute Gasteiger partial charge is 0.412 e. The van der Waals surface area contributed by atoms with Crippen LogP contribution in [0.4, 0.5) is 9.80 Å². The number of aryl methyl sites for hydroxylation is 1. The second kappa shape index (κ2) is 5.98. The van der Waals surface area contributed by atoms with Crippen molar-refractivity contribution < 1.29 is 9.53 Å². The molecule has 106 valence electrons. The minimum atomic E-state index is -0.518. The van der Waals surface area contributed by atoms with Gasteiger partial charge in [-0.15, -0.1) is 11.3 Å². The number of fused-ring (bicyclic) bond motifs is 1. The van der Waals surface area contributed by atoms with Crippen molar-refractivity contribution in [2.24, 2.45) is 0 Å². The molecule has 1 amide bonds. The Labute approximate surface area is 127 Å². The van der Waals surface area contributed by atoms with Crippen LogP contribution in [0.5, 0.6) is 0 Å². The highest BCUT2D eigenvalue weighted by Gasteiger charge is 2.23. The molecule has 1 aliphatic carbocycles. The Kier molecular flexibility index (Phi) is 3.89. The number of carbonyl (C=O) groups is 1. The van der Waals surface area contributed by atoms with E-state index in [-0.39, 0.29) is 6.61 Å². The van der Waals surface area contributed by atoms with Crippen LogP contribution in [0, 0.1) is 11.3 Å². The molecular weight excluding hydrogens is 284 g/mol. The Morgan fingerprint density at radius 3 is 2.90 bits per heavy atom. The number of hydrogen-bond acceptors (Lipinski definition) is 4. The van der Waals surface area contributed by atoms with E-state index in [9.17, 15) is 10.1 Å². The number of carbonyl (C=O) groups excluding carboxylic acids is 1. The second-order valence-corrected chi connectivity index (χ2v) is 5.97. The Hall–Kier alpha value is -2.32. The minimum Gasteiger partial charge on any atom is -0.444 e. The summed E-state index contributed by atoms with van der Waals surface area (Å²) in [5, 5.41) is 12.6. The third kappa shape index (κ3) is 2.91. The van der Waals surface area contributed by atoms with Gasteiger partial charge in [-0.05, 0) is 30.4 Å². The predicted molar refractivity (Wildman–Crippen MR) is 81.3 cm³/mol. The summed E-state index contributed by atoms with van der Waals surface area (Å²) in [6.07, 6.45) is 2.50. The molecule has 0 fully saturated rings. The maximum atomic E-state index is 11.8. The lowest BCUT2D eigenvalue weighted by atomic mass is 10.1. The van der Waals surface area contributed by atoms with Gasteiger partial charge in [0.05, 0.1) is 5.56 Å². The maximum Gasteiger partial charge on any atom is 0.412 e. The summed E-state index contributed by atoms with van der Waals surface area (Å²) in [6, 6.07) is 11.7. The molecule has 0 radical (unpaired) electrons. The average molecular weight is 298 g/mol. The highest BCUT2D eigenvalue weighted by molar-refractivity contribution is 7.16. The molecule has 0 saturated heterocycles. The molecule has 4 nitrogen and oxygen atoms in total. The van der Waals surface area contributed by atoms with Gasteiger partial charge in [-0.2, -0.15) is 5.26 Å². The van der Waals surface area contributed by atoms with Gasteiger partial charge in [0.25, 0.3) is 0 Å². The standard InChI is InChI=1S/C16H14N2O2S/c17-9-13-12-7-4-8-14(12)21-15(13)18-16(19)20-10-11-5-2-1-3-6-11/h1-3,5-6H,4,7-8,10H2,(H,18,19). The first-order valence-corrected chi connectivity index (χ1v) is 7.62. The summed E-state index contributed by atoms with van der Waals surface area (Å²) in [4.78, 5) is 13.1. The normalized spacial score (nSPS) is 12.5. The van der Waals surface area contributed by atoms with Crippen molar-refractivity contribution in [2.75, 3.05) is 5.32 Å². The number of nitrogens with one attached hydrogen (secondary N) is 1. The Morgan fingerprint density at radius 1 is 1.33 bits per heavy atom. The van der Waals surface area contributed by atoms with Crippen LogP contribution in [0.2, 0.25) is 0 Å². The summed E-state index contributed by atoms with van der Waals surface area (Å²) in [5.41, 5.74) is 2.63. The van der Waals surface area contributed by atoms with E-state index in [2.05, 4.69) is 11.4 Å². The Morgan fingerprint density at radius 2 is 2.14 bits per heavy atom. The summed E-state index contributed by atoms with van der Waals surface area (Å²) in [5.74, 6) is 0. The van der Waals surface area contributed by atoms with Crippen molar-refractivity contribution in [3.63, 3.8) is 0 Å². The van der Waals surface area contributed by atoms with Gasteiger partial charge in [0.1, 0.15) is 17.7 Å². The lowest BCUT2D eigenvalue weighted by Gasteiger charge is -2.06. The van der Waals surface area contributed by atoms with Gasteiger partial charge in [-0.1, -0.05) is 30.3 Å². The molecule has 0 saturated carbocycles. The zero-order chi connectivity index (χ0) is 14.7. The van der Waals surface area contributed by atoms with Crippen molar-refractivity contribution in [1.29, 1.82) is 5.26 Å². The van der Waals surface area contributed by atoms with Crippen LogP contribution in [0.1, 0.15) is 28.0 Å². The number of ether oxygens (including phenoxy) is 1. The SMILES string of the molecule is N#Cc1c(NC(=O)OCc2ccccc2)sc2c1CCC2. The van der Waals surface area contributed by atoms with E-state index in [1.54, 1.807) is 0 Å². The topological polar surface area (TPSA) is 62.1 Å². The Bertz CT molecular complexity index is 701. The number of thiophene rings is 1. The highest BCUT2D eigenvalue weighted by atomic mass is 32.1. The molecule has 0 spiro atoms. The molecule has 1 aliphatic rings. The van der Waals surface area contributed by atoms with Gasteiger partial charge >= 0.3 is 6.09 Å². The third-order valence-electron chi connectivity index (χ3n) is 3.46. The number of nitrogens with zero attached hydrogens (tertiary/aromatic N) is 1. The van der Waals surface area contributed by atoms with Crippen LogP contribution >= 0.6 is 11.3 Å². The van der Waals surface area contributed by atoms with Crippen LogP contribution in [-0.2, 0) is 24.2 Å². The number of nitriles is 1. The molecule has 0 bridgehead atoms. The van der Waals surface area contributed by atoms with Crippen molar-refractivity contribution in [3.05, 3.63) is 51.9 Å². The molecule has 0 atom stereocenters. The zero-order valence-corrected chi connectivity index (χ0v) is 12.2. The van der Waals surface area contributed by atoms with Crippen LogP contribution in [0.3, 0.4) is 0 Å². The number of anilines is 1. The molecule has 3 rings (SSSR count). The van der Waals surface area contributed by atoms with E-state index in [0.29, 0.717) is 10.6 Å². The summed E-state index contributed by atoms with van der Waals surface area (Å²) in [6.45, 7) is 0.222. The molecule has 0 unspecified atom stereocenters. The number of hydrogen-bond donors (Lipinski definition) is 1. The van der Waals surface area contributed by atoms with Crippen molar-refractivity contribution in [1.82, 2.24) is 0 Å². The molecule has 1 aromatic carbocycles. The first kappa shape index (κ1) is 13.7. The summed E-state index contributed by atoms with van der Waals surface area (Å²) < 4.78 is 5.18. The lowest BCUT2D eigenvalue weighted by Crippen LogP contribution is -2.13. The van der Waals surface area contributed by atoms with E-state index < -0.39 is 6.09 Å². The quantitative estimate of drug-likeness (QED) is 0.936. The molecule has 1 heterocycles. The molecule has 21 heavy (non-hydrogen) atoms. The van der Waals surface area contributed by atoms with Crippen LogP contribution in [0.15, 0.2) is 30.3 Å². The number of rotatable bonds is 3. The fourth-order valence-electron chi connectivity index (χ4n) is 2.46. The Balaban J connectivity index is 1.64. The van der Waals surface area contributed by atoms with Crippen molar-refractivity contribution in [3.8, 4) is 6.07 Å². The summed E-state index contributed by atoms with van der Waals surface area (Å²) in [7, 11) is 0. The van der Waals surface area contributed by atoms with E-state index in [1.165, 1.54) is 16.2 Å².